The van der Waals surface area contributed by atoms with Crippen molar-refractivity contribution in [2.75, 3.05) is 24.6 Å². The summed E-state index contributed by atoms with van der Waals surface area (Å²) >= 11 is 0. The number of anilines is 1. The van der Waals surface area contributed by atoms with E-state index in [-0.39, 0.29) is 5.97 Å². The molecule has 1 saturated heterocycles. The number of benzene rings is 3. The first-order valence-corrected chi connectivity index (χ1v) is 16.4. The molecule has 0 unspecified atom stereocenters. The molecule has 1 aliphatic rings. The van der Waals surface area contributed by atoms with Crippen LogP contribution in [0.15, 0.2) is 66.2 Å². The lowest BCUT2D eigenvalue weighted by molar-refractivity contribution is 0.0500. The first-order valence-electron chi connectivity index (χ1n) is 16.4. The maximum absolute atomic E-state index is 13.0. The Morgan fingerprint density at radius 1 is 0.732 bits per heavy atom. The molecule has 0 radical (unpaired) electrons. The van der Waals surface area contributed by atoms with Crippen molar-refractivity contribution >= 4 is 28.5 Å². The maximum Gasteiger partial charge on any atom is 0.338 e. The van der Waals surface area contributed by atoms with Crippen molar-refractivity contribution in [1.82, 2.24) is 0 Å². The van der Waals surface area contributed by atoms with E-state index in [9.17, 15) is 4.79 Å². The molecule has 1 aliphatic heterocycles. The minimum absolute atomic E-state index is 0.199. The van der Waals surface area contributed by atoms with Crippen LogP contribution in [0.1, 0.15) is 118 Å². The molecular weight excluding hydrogens is 502 g/mol. The van der Waals surface area contributed by atoms with Gasteiger partial charge in [0.1, 0.15) is 0 Å². The fraction of sp³-hybridized carbons (Fsp3) is 0.500. The van der Waals surface area contributed by atoms with Crippen LogP contribution >= 0.6 is 0 Å². The number of esters is 1. The molecule has 3 aromatic carbocycles. The number of ether oxygens (including phenoxy) is 1. The lowest BCUT2D eigenvalue weighted by Gasteiger charge is -2.30. The summed E-state index contributed by atoms with van der Waals surface area (Å²) < 4.78 is 5.72. The Labute approximate surface area is 249 Å². The molecular formula is C38H51NO2. The summed E-state index contributed by atoms with van der Waals surface area (Å²) in [5.74, 6) is -0.199. The number of unbranched alkanes of at least 4 members (excludes halogenated alkanes) is 11. The number of carbonyl (C=O) groups excluding carboxylic acids is 1. The van der Waals surface area contributed by atoms with Crippen molar-refractivity contribution in [2.45, 2.75) is 104 Å². The highest BCUT2D eigenvalue weighted by Gasteiger charge is 2.16. The lowest BCUT2D eigenvalue weighted by Crippen LogP contribution is -2.30. The number of nitrogens with zero attached hydrogens (tertiary/aromatic N) is 1. The number of fused-ring (bicyclic) bond motifs is 1. The van der Waals surface area contributed by atoms with Crippen LogP contribution in [0.2, 0.25) is 0 Å². The van der Waals surface area contributed by atoms with Gasteiger partial charge in [-0.25, -0.2) is 4.79 Å². The van der Waals surface area contributed by atoms with Crippen molar-refractivity contribution in [3.63, 3.8) is 0 Å². The SMILES string of the molecule is CCCCCCCCCCCCCCOC(=O)c1ccc(C=C2CCN(c3ccc(C)cc3)CC2)c2ccccc12. The fourth-order valence-electron chi connectivity index (χ4n) is 5.98. The number of hydrogen-bond acceptors (Lipinski definition) is 3. The average molecular weight is 554 g/mol. The summed E-state index contributed by atoms with van der Waals surface area (Å²) in [6, 6.07) is 21.2. The largest absolute Gasteiger partial charge is 0.462 e. The molecule has 0 spiro atoms. The second kappa shape index (κ2) is 17.0. The van der Waals surface area contributed by atoms with Gasteiger partial charge in [0.15, 0.2) is 0 Å². The van der Waals surface area contributed by atoms with Gasteiger partial charge < -0.3 is 9.64 Å². The van der Waals surface area contributed by atoms with E-state index in [1.54, 1.807) is 0 Å². The van der Waals surface area contributed by atoms with Crippen molar-refractivity contribution in [2.24, 2.45) is 0 Å². The Morgan fingerprint density at radius 3 is 1.95 bits per heavy atom. The van der Waals surface area contributed by atoms with Gasteiger partial charge in [0.05, 0.1) is 12.2 Å². The molecule has 3 aromatic rings. The second-order valence-electron chi connectivity index (χ2n) is 11.9. The maximum atomic E-state index is 13.0. The molecule has 3 nitrogen and oxygen atoms in total. The molecule has 4 rings (SSSR count). The topological polar surface area (TPSA) is 29.5 Å². The van der Waals surface area contributed by atoms with Gasteiger partial charge >= 0.3 is 5.97 Å². The van der Waals surface area contributed by atoms with E-state index in [1.165, 1.54) is 86.6 Å². The van der Waals surface area contributed by atoms with Crippen molar-refractivity contribution in [1.29, 1.82) is 0 Å². The van der Waals surface area contributed by atoms with Crippen molar-refractivity contribution in [3.05, 3.63) is 82.9 Å². The third-order valence-electron chi connectivity index (χ3n) is 8.57. The molecule has 1 heterocycles. The van der Waals surface area contributed by atoms with Gasteiger partial charge in [-0.3, -0.25) is 0 Å². The van der Waals surface area contributed by atoms with Crippen LogP contribution in [0.25, 0.3) is 16.8 Å². The van der Waals surface area contributed by atoms with Gasteiger partial charge in [0.2, 0.25) is 0 Å². The summed E-state index contributed by atoms with van der Waals surface area (Å²) in [6.45, 7) is 6.99. The quantitative estimate of drug-likeness (QED) is 0.130. The summed E-state index contributed by atoms with van der Waals surface area (Å²) in [5, 5.41) is 2.11. The Kier molecular flexibility index (Phi) is 12.8. The van der Waals surface area contributed by atoms with Crippen LogP contribution in [0, 0.1) is 6.92 Å². The standard InChI is InChI=1S/C38H51NO2/c1-3-4-5-6-7-8-9-10-11-12-13-16-29-41-38(40)37-24-21-33(35-17-14-15-18-36(35)37)30-32-25-27-39(28-26-32)34-22-19-31(2)20-23-34/h14-15,17-24,30H,3-13,16,25-29H2,1-2H3. The molecule has 0 N–H and O–H groups in total. The number of carbonyl (C=O) groups is 1. The van der Waals surface area contributed by atoms with Gasteiger partial charge in [-0.05, 0) is 60.7 Å². The normalized spacial score (nSPS) is 13.5. The molecule has 0 atom stereocenters. The third kappa shape index (κ3) is 9.76. The molecule has 220 valence electrons. The smallest absolute Gasteiger partial charge is 0.338 e. The minimum atomic E-state index is -0.199. The van der Waals surface area contributed by atoms with Crippen LogP contribution in [0.4, 0.5) is 5.69 Å². The average Bonchev–Trinajstić information content (AvgIpc) is 3.00. The number of aryl methyl sites for hydroxylation is 1. The van der Waals surface area contributed by atoms with Crippen molar-refractivity contribution < 1.29 is 9.53 Å². The van der Waals surface area contributed by atoms with Crippen LogP contribution in [-0.4, -0.2) is 25.7 Å². The van der Waals surface area contributed by atoms with Gasteiger partial charge in [-0.1, -0.05) is 137 Å². The zero-order chi connectivity index (χ0) is 28.7. The zero-order valence-electron chi connectivity index (χ0n) is 25.6. The van der Waals surface area contributed by atoms with Crippen LogP contribution in [0.3, 0.4) is 0 Å². The van der Waals surface area contributed by atoms with Crippen LogP contribution in [0.5, 0.6) is 0 Å². The van der Waals surface area contributed by atoms with Gasteiger partial charge in [-0.15, -0.1) is 0 Å². The predicted molar refractivity (Wildman–Crippen MR) is 176 cm³/mol. The first kappa shape index (κ1) is 30.9. The molecule has 0 aromatic heterocycles. The Morgan fingerprint density at radius 2 is 1.32 bits per heavy atom. The third-order valence-corrected chi connectivity index (χ3v) is 8.57. The number of hydrogen-bond donors (Lipinski definition) is 0. The van der Waals surface area contributed by atoms with E-state index in [4.69, 9.17) is 4.74 Å². The Balaban J connectivity index is 1.21. The lowest BCUT2D eigenvalue weighted by atomic mass is 9.95. The highest BCUT2D eigenvalue weighted by atomic mass is 16.5. The second-order valence-corrected chi connectivity index (χ2v) is 11.9. The molecule has 0 bridgehead atoms. The van der Waals surface area contributed by atoms with Crippen LogP contribution in [-0.2, 0) is 4.74 Å². The molecule has 0 saturated carbocycles. The number of rotatable bonds is 16. The van der Waals surface area contributed by atoms with E-state index < -0.39 is 0 Å². The summed E-state index contributed by atoms with van der Waals surface area (Å²) in [4.78, 5) is 15.5. The van der Waals surface area contributed by atoms with E-state index in [0.717, 1.165) is 49.5 Å². The molecule has 0 amide bonds. The van der Waals surface area contributed by atoms with Crippen LogP contribution < -0.4 is 4.90 Å². The number of piperidine rings is 1. The summed E-state index contributed by atoms with van der Waals surface area (Å²) in [5.41, 5.74) is 5.95. The van der Waals surface area contributed by atoms with Crippen molar-refractivity contribution in [3.8, 4) is 0 Å². The monoisotopic (exact) mass is 553 g/mol. The highest BCUT2D eigenvalue weighted by molar-refractivity contribution is 6.06. The molecule has 0 aliphatic carbocycles. The van der Waals surface area contributed by atoms with Gasteiger partial charge in [0.25, 0.3) is 0 Å². The van der Waals surface area contributed by atoms with E-state index >= 15 is 0 Å². The molecule has 3 heteroatoms. The van der Waals surface area contributed by atoms with E-state index in [0.29, 0.717) is 12.2 Å². The Hall–Kier alpha value is -3.07. The van der Waals surface area contributed by atoms with E-state index in [1.807, 2.05) is 12.1 Å². The summed E-state index contributed by atoms with van der Waals surface area (Å²) in [6.07, 6.45) is 20.1. The predicted octanol–water partition coefficient (Wildman–Crippen LogP) is 10.7. The van der Waals surface area contributed by atoms with Gasteiger partial charge in [-0.2, -0.15) is 0 Å². The van der Waals surface area contributed by atoms with Gasteiger partial charge in [0, 0.05) is 18.8 Å². The Bertz CT molecular complexity index is 1230. The fourth-order valence-corrected chi connectivity index (χ4v) is 5.98. The first-order chi connectivity index (χ1) is 20.2. The minimum Gasteiger partial charge on any atom is -0.462 e. The zero-order valence-corrected chi connectivity index (χ0v) is 25.6. The molecule has 1 fully saturated rings. The summed E-state index contributed by atoms with van der Waals surface area (Å²) in [7, 11) is 0. The highest BCUT2D eigenvalue weighted by Crippen LogP contribution is 2.29. The van der Waals surface area contributed by atoms with E-state index in [2.05, 4.69) is 73.4 Å². The molecule has 41 heavy (non-hydrogen) atoms.